The molecule has 2 unspecified atom stereocenters. The minimum absolute atomic E-state index is 0.0224. The molecule has 19 heavy (non-hydrogen) atoms. The number of halogens is 1. The van der Waals surface area contributed by atoms with Gasteiger partial charge in [-0.1, -0.05) is 23.7 Å². The predicted molar refractivity (Wildman–Crippen MR) is 77.7 cm³/mol. The van der Waals surface area contributed by atoms with E-state index in [0.717, 1.165) is 30.2 Å². The highest BCUT2D eigenvalue weighted by Crippen LogP contribution is 2.22. The molecule has 4 heteroatoms. The normalized spacial score (nSPS) is 21.3. The number of hydrogen-bond acceptors (Lipinski definition) is 3. The summed E-state index contributed by atoms with van der Waals surface area (Å²) in [4.78, 5) is 0. The van der Waals surface area contributed by atoms with E-state index < -0.39 is 0 Å². The molecule has 1 saturated heterocycles. The average Bonchev–Trinajstić information content (AvgIpc) is 2.44. The van der Waals surface area contributed by atoms with E-state index in [9.17, 15) is 0 Å². The molecule has 1 aliphatic rings. The Kier molecular flexibility index (Phi) is 6.11. The lowest BCUT2D eigenvalue weighted by Crippen LogP contribution is -2.28. The Bertz CT molecular complexity index is 380. The van der Waals surface area contributed by atoms with Crippen LogP contribution < -0.4 is 5.32 Å². The van der Waals surface area contributed by atoms with Gasteiger partial charge in [-0.25, -0.2) is 0 Å². The largest absolute Gasteiger partial charge is 0.376 e. The van der Waals surface area contributed by atoms with Crippen LogP contribution in [0, 0.1) is 0 Å². The van der Waals surface area contributed by atoms with E-state index in [2.05, 4.69) is 11.4 Å². The van der Waals surface area contributed by atoms with Crippen LogP contribution in [0.15, 0.2) is 24.3 Å². The Morgan fingerprint density at radius 3 is 3.05 bits per heavy atom. The van der Waals surface area contributed by atoms with Gasteiger partial charge in [-0.2, -0.15) is 0 Å². The van der Waals surface area contributed by atoms with Gasteiger partial charge in [0.2, 0.25) is 0 Å². The van der Waals surface area contributed by atoms with Crippen molar-refractivity contribution in [3.63, 3.8) is 0 Å². The van der Waals surface area contributed by atoms with E-state index >= 15 is 0 Å². The second-order valence-corrected chi connectivity index (χ2v) is 5.36. The number of hydrogen-bond donors (Lipinski definition) is 1. The van der Waals surface area contributed by atoms with Crippen molar-refractivity contribution in [2.45, 2.75) is 31.5 Å². The molecule has 3 nitrogen and oxygen atoms in total. The molecule has 106 valence electrons. The van der Waals surface area contributed by atoms with Crippen molar-refractivity contribution < 1.29 is 9.47 Å². The molecule has 0 radical (unpaired) electrons. The van der Waals surface area contributed by atoms with Crippen LogP contribution in [0.2, 0.25) is 5.02 Å². The third-order valence-electron chi connectivity index (χ3n) is 3.37. The Hall–Kier alpha value is -0.610. The number of likely N-dealkylation sites (N-methyl/N-ethyl adjacent to an activating group) is 1. The molecule has 1 N–H and O–H groups in total. The van der Waals surface area contributed by atoms with Crippen molar-refractivity contribution in [3.05, 3.63) is 34.9 Å². The summed E-state index contributed by atoms with van der Waals surface area (Å²) in [6.45, 7) is 2.29. The first-order valence-electron chi connectivity index (χ1n) is 6.93. The quantitative estimate of drug-likeness (QED) is 0.870. The highest BCUT2D eigenvalue weighted by atomic mass is 35.5. The molecule has 1 heterocycles. The van der Waals surface area contributed by atoms with E-state index in [1.807, 2.05) is 25.2 Å². The number of rotatable bonds is 6. The summed E-state index contributed by atoms with van der Waals surface area (Å²) < 4.78 is 11.7. The minimum Gasteiger partial charge on any atom is -0.376 e. The lowest BCUT2D eigenvalue weighted by molar-refractivity contribution is -0.0630. The number of nitrogens with one attached hydrogen (secondary N) is 1. The molecular weight excluding hydrogens is 262 g/mol. The molecule has 1 fully saturated rings. The fourth-order valence-corrected chi connectivity index (χ4v) is 2.53. The molecule has 0 amide bonds. The zero-order chi connectivity index (χ0) is 13.5. The highest BCUT2D eigenvalue weighted by Gasteiger charge is 2.18. The SMILES string of the molecule is CNCC(OCC1CCCCO1)c1cccc(Cl)c1. The fraction of sp³-hybridized carbons (Fsp3) is 0.600. The van der Waals surface area contributed by atoms with Crippen molar-refractivity contribution in [3.8, 4) is 0 Å². The molecule has 2 rings (SSSR count). The Labute approximate surface area is 120 Å². The van der Waals surface area contributed by atoms with Gasteiger partial charge in [0.15, 0.2) is 0 Å². The molecule has 1 aromatic rings. The minimum atomic E-state index is 0.0224. The molecule has 0 aliphatic carbocycles. The summed E-state index contributed by atoms with van der Waals surface area (Å²) in [6, 6.07) is 7.85. The first-order chi connectivity index (χ1) is 9.29. The maximum absolute atomic E-state index is 6.04. The summed E-state index contributed by atoms with van der Waals surface area (Å²) >= 11 is 6.04. The third kappa shape index (κ3) is 4.77. The van der Waals surface area contributed by atoms with Gasteiger partial charge in [-0.15, -0.1) is 0 Å². The van der Waals surface area contributed by atoms with Gasteiger partial charge in [-0.3, -0.25) is 0 Å². The van der Waals surface area contributed by atoms with Crippen LogP contribution >= 0.6 is 11.6 Å². The molecule has 0 bridgehead atoms. The zero-order valence-electron chi connectivity index (χ0n) is 11.4. The van der Waals surface area contributed by atoms with E-state index in [-0.39, 0.29) is 12.2 Å². The summed E-state index contributed by atoms with van der Waals surface area (Å²) in [5.41, 5.74) is 1.11. The summed E-state index contributed by atoms with van der Waals surface area (Å²) in [5.74, 6) is 0. The predicted octanol–water partition coefficient (Wildman–Crippen LogP) is 3.19. The van der Waals surface area contributed by atoms with Gasteiger partial charge >= 0.3 is 0 Å². The summed E-state index contributed by atoms with van der Waals surface area (Å²) in [5, 5.41) is 3.91. The molecule has 0 aromatic heterocycles. The zero-order valence-corrected chi connectivity index (χ0v) is 12.2. The van der Waals surface area contributed by atoms with Crippen LogP contribution in [0.1, 0.15) is 30.9 Å². The van der Waals surface area contributed by atoms with Gasteiger partial charge < -0.3 is 14.8 Å². The Morgan fingerprint density at radius 2 is 2.37 bits per heavy atom. The van der Waals surface area contributed by atoms with Crippen molar-refractivity contribution in [2.24, 2.45) is 0 Å². The lowest BCUT2D eigenvalue weighted by Gasteiger charge is -2.25. The first-order valence-corrected chi connectivity index (χ1v) is 7.30. The summed E-state index contributed by atoms with van der Waals surface area (Å²) in [7, 11) is 1.93. The highest BCUT2D eigenvalue weighted by molar-refractivity contribution is 6.30. The van der Waals surface area contributed by atoms with E-state index in [1.165, 1.54) is 12.8 Å². The van der Waals surface area contributed by atoms with Crippen LogP contribution in [0.25, 0.3) is 0 Å². The van der Waals surface area contributed by atoms with E-state index in [1.54, 1.807) is 0 Å². The van der Waals surface area contributed by atoms with Crippen LogP contribution in [0.5, 0.6) is 0 Å². The first kappa shape index (κ1) is 14.8. The second-order valence-electron chi connectivity index (χ2n) is 4.92. The second kappa shape index (κ2) is 7.85. The Balaban J connectivity index is 1.91. The molecule has 1 aliphatic heterocycles. The number of ether oxygens (including phenoxy) is 2. The number of benzene rings is 1. The monoisotopic (exact) mass is 283 g/mol. The Morgan fingerprint density at radius 1 is 1.47 bits per heavy atom. The van der Waals surface area contributed by atoms with Crippen molar-refractivity contribution in [1.29, 1.82) is 0 Å². The van der Waals surface area contributed by atoms with Crippen molar-refractivity contribution in [2.75, 3.05) is 26.8 Å². The smallest absolute Gasteiger partial charge is 0.0950 e. The standard InChI is InChI=1S/C15H22ClNO2/c1-17-10-15(12-5-4-6-13(16)9-12)19-11-14-7-2-3-8-18-14/h4-6,9,14-15,17H,2-3,7-8,10-11H2,1H3. The molecule has 1 aromatic carbocycles. The van der Waals surface area contributed by atoms with Gasteiger partial charge in [0.1, 0.15) is 0 Å². The molecule has 0 spiro atoms. The van der Waals surface area contributed by atoms with E-state index in [4.69, 9.17) is 21.1 Å². The van der Waals surface area contributed by atoms with Gasteiger partial charge in [0.25, 0.3) is 0 Å². The van der Waals surface area contributed by atoms with Crippen molar-refractivity contribution >= 4 is 11.6 Å². The van der Waals surface area contributed by atoms with Crippen LogP contribution in [0.3, 0.4) is 0 Å². The fourth-order valence-electron chi connectivity index (χ4n) is 2.33. The van der Waals surface area contributed by atoms with Crippen LogP contribution in [0.4, 0.5) is 0 Å². The maximum atomic E-state index is 6.04. The van der Waals surface area contributed by atoms with Crippen LogP contribution in [-0.2, 0) is 9.47 Å². The van der Waals surface area contributed by atoms with Gasteiger partial charge in [-0.05, 0) is 44.0 Å². The average molecular weight is 284 g/mol. The molecular formula is C15H22ClNO2. The molecule has 0 saturated carbocycles. The molecule has 2 atom stereocenters. The van der Waals surface area contributed by atoms with E-state index in [0.29, 0.717) is 6.61 Å². The topological polar surface area (TPSA) is 30.5 Å². The lowest BCUT2D eigenvalue weighted by atomic mass is 10.1. The van der Waals surface area contributed by atoms with Crippen molar-refractivity contribution in [1.82, 2.24) is 5.32 Å². The van der Waals surface area contributed by atoms with Gasteiger partial charge in [0, 0.05) is 18.2 Å². The van der Waals surface area contributed by atoms with Crippen LogP contribution in [-0.4, -0.2) is 32.9 Å². The maximum Gasteiger partial charge on any atom is 0.0950 e. The van der Waals surface area contributed by atoms with Gasteiger partial charge in [0.05, 0.1) is 18.8 Å². The summed E-state index contributed by atoms with van der Waals surface area (Å²) in [6.07, 6.45) is 3.77. The third-order valence-corrected chi connectivity index (χ3v) is 3.60.